The highest BCUT2D eigenvalue weighted by Gasteiger charge is 2.32. The number of halogens is 2. The van der Waals surface area contributed by atoms with Crippen LogP contribution >= 0.6 is 31.9 Å². The second kappa shape index (κ2) is 15.1. The van der Waals surface area contributed by atoms with Gasteiger partial charge in [0, 0.05) is 75.3 Å². The van der Waals surface area contributed by atoms with Crippen molar-refractivity contribution in [3.05, 3.63) is 129 Å². The summed E-state index contributed by atoms with van der Waals surface area (Å²) in [6.45, 7) is 2.84. The van der Waals surface area contributed by atoms with Crippen molar-refractivity contribution < 1.29 is 23.9 Å². The molecule has 0 fully saturated rings. The Morgan fingerprint density at radius 1 is 0.612 bits per heavy atom. The SMILES string of the molecule is NCCCn1ccnc1.O=C1OC(=O)c2ccc(Br)c3cccc1c23.O=C1c2cccc3c(Br)ccc(c23)C(=O)N1CCCn1ccnc1. The molecule has 13 heteroatoms. The Morgan fingerprint density at radius 3 is 1.65 bits per heavy atom. The molecule has 49 heavy (non-hydrogen) atoms. The number of aromatic nitrogens is 4. The van der Waals surface area contributed by atoms with E-state index >= 15 is 0 Å². The Bertz CT molecular complexity index is 2140. The third kappa shape index (κ3) is 7.09. The predicted octanol–water partition coefficient (Wildman–Crippen LogP) is 6.63. The van der Waals surface area contributed by atoms with Gasteiger partial charge in [-0.15, -0.1) is 0 Å². The standard InChI is InChI=1S/C18H14BrN3O2.C12H5BrO3.C6H11N3/c19-15-6-5-14-16-12(15)3-1-4-13(16)17(23)22(18(14)24)9-2-8-21-10-7-20-11-21;13-9-5-4-8-10-6(9)2-1-3-7(10)11(14)16-12(8)15;7-2-1-4-9-5-3-8-6-9/h1,3-7,10-11H,2,8-9H2;1-5H;3,5-6H,1-2,4,7H2. The Balaban J connectivity index is 0.000000143. The minimum absolute atomic E-state index is 0.221. The van der Waals surface area contributed by atoms with Crippen molar-refractivity contribution in [2.24, 2.45) is 5.73 Å². The topological polar surface area (TPSA) is 142 Å². The number of carbonyl (C=O) groups is 4. The Morgan fingerprint density at radius 2 is 1.10 bits per heavy atom. The van der Waals surface area contributed by atoms with Gasteiger partial charge >= 0.3 is 11.9 Å². The van der Waals surface area contributed by atoms with E-state index in [0.717, 1.165) is 44.6 Å². The van der Waals surface area contributed by atoms with Gasteiger partial charge in [0.25, 0.3) is 11.8 Å². The Labute approximate surface area is 297 Å². The van der Waals surface area contributed by atoms with E-state index in [-0.39, 0.29) is 11.8 Å². The zero-order valence-corrected chi connectivity index (χ0v) is 29.3. The lowest BCUT2D eigenvalue weighted by atomic mass is 9.94. The van der Waals surface area contributed by atoms with Gasteiger partial charge in [0.1, 0.15) is 0 Å². The molecule has 4 heterocycles. The summed E-state index contributed by atoms with van der Waals surface area (Å²) in [5.74, 6) is -1.61. The summed E-state index contributed by atoms with van der Waals surface area (Å²) in [6.07, 6.45) is 12.5. The summed E-state index contributed by atoms with van der Waals surface area (Å²) >= 11 is 6.89. The highest BCUT2D eigenvalue weighted by molar-refractivity contribution is 9.11. The normalized spacial score (nSPS) is 13.2. The molecule has 2 aliphatic rings. The first-order chi connectivity index (χ1) is 23.8. The fraction of sp³-hybridized carbons (Fsp3) is 0.167. The van der Waals surface area contributed by atoms with Crippen LogP contribution < -0.4 is 5.73 Å². The summed E-state index contributed by atoms with van der Waals surface area (Å²) in [7, 11) is 0. The Kier molecular flexibility index (Phi) is 10.4. The van der Waals surface area contributed by atoms with Crippen LogP contribution in [0.1, 0.15) is 54.3 Å². The summed E-state index contributed by atoms with van der Waals surface area (Å²) in [5.41, 5.74) is 7.37. The van der Waals surface area contributed by atoms with Gasteiger partial charge in [-0.1, -0.05) is 56.1 Å². The minimum Gasteiger partial charge on any atom is -0.386 e. The molecular weight excluding hydrogens is 756 g/mol. The van der Waals surface area contributed by atoms with E-state index < -0.39 is 11.9 Å². The fourth-order valence-electron chi connectivity index (χ4n) is 5.74. The highest BCUT2D eigenvalue weighted by atomic mass is 79.9. The molecule has 0 unspecified atom stereocenters. The van der Waals surface area contributed by atoms with E-state index in [4.69, 9.17) is 5.73 Å². The maximum absolute atomic E-state index is 12.8. The second-order valence-corrected chi connectivity index (χ2v) is 12.9. The van der Waals surface area contributed by atoms with Crippen molar-refractivity contribution in [1.82, 2.24) is 24.0 Å². The minimum atomic E-state index is -0.582. The third-order valence-electron chi connectivity index (χ3n) is 8.09. The van der Waals surface area contributed by atoms with Crippen LogP contribution in [0.4, 0.5) is 0 Å². The Hall–Kier alpha value is -4.98. The lowest BCUT2D eigenvalue weighted by molar-refractivity contribution is 0.0390. The largest absolute Gasteiger partial charge is 0.386 e. The lowest BCUT2D eigenvalue weighted by Gasteiger charge is -2.27. The van der Waals surface area contributed by atoms with Gasteiger partial charge in [0.2, 0.25) is 0 Å². The summed E-state index contributed by atoms with van der Waals surface area (Å²) < 4.78 is 10.3. The maximum Gasteiger partial charge on any atom is 0.346 e. The average Bonchev–Trinajstić information content (AvgIpc) is 3.84. The summed E-state index contributed by atoms with van der Waals surface area (Å²) in [4.78, 5) is 57.9. The van der Waals surface area contributed by atoms with E-state index in [0.29, 0.717) is 47.2 Å². The number of nitrogens with zero attached hydrogens (tertiary/aromatic N) is 5. The molecular formula is C36H30Br2N6O5. The molecule has 0 saturated carbocycles. The molecule has 8 rings (SSSR count). The monoisotopic (exact) mass is 784 g/mol. The number of cyclic esters (lactones) is 2. The number of hydrogen-bond acceptors (Lipinski definition) is 8. The number of imide groups is 1. The number of rotatable bonds is 7. The molecule has 0 bridgehead atoms. The number of amides is 2. The number of ether oxygens (including phenoxy) is 1. The van der Waals surface area contributed by atoms with Gasteiger partial charge in [-0.3, -0.25) is 14.5 Å². The van der Waals surface area contributed by atoms with Crippen LogP contribution in [0.2, 0.25) is 0 Å². The molecule has 248 valence electrons. The first-order valence-corrected chi connectivity index (χ1v) is 17.0. The third-order valence-corrected chi connectivity index (χ3v) is 9.47. The molecule has 2 N–H and O–H groups in total. The summed E-state index contributed by atoms with van der Waals surface area (Å²) in [5, 5.41) is 3.15. The smallest absolute Gasteiger partial charge is 0.346 e. The average molecular weight is 786 g/mol. The molecule has 6 aromatic rings. The molecule has 0 spiro atoms. The van der Waals surface area contributed by atoms with Crippen LogP contribution in [0.3, 0.4) is 0 Å². The van der Waals surface area contributed by atoms with Gasteiger partial charge in [-0.2, -0.15) is 0 Å². The van der Waals surface area contributed by atoms with Crippen molar-refractivity contribution in [3.8, 4) is 0 Å². The van der Waals surface area contributed by atoms with Crippen molar-refractivity contribution in [2.75, 3.05) is 13.1 Å². The number of esters is 2. The van der Waals surface area contributed by atoms with E-state index in [1.165, 1.54) is 4.90 Å². The molecule has 2 aliphatic heterocycles. The number of benzene rings is 4. The lowest BCUT2D eigenvalue weighted by Crippen LogP contribution is -2.41. The van der Waals surface area contributed by atoms with Crippen LogP contribution in [0, 0.1) is 0 Å². The fourth-order valence-corrected chi connectivity index (χ4v) is 6.67. The van der Waals surface area contributed by atoms with Crippen molar-refractivity contribution in [1.29, 1.82) is 0 Å². The van der Waals surface area contributed by atoms with Crippen molar-refractivity contribution in [3.63, 3.8) is 0 Å². The molecule has 4 aromatic carbocycles. The van der Waals surface area contributed by atoms with Gasteiger partial charge in [-0.25, -0.2) is 19.6 Å². The predicted molar refractivity (Wildman–Crippen MR) is 191 cm³/mol. The van der Waals surface area contributed by atoms with Gasteiger partial charge in [-0.05, 0) is 66.6 Å². The molecule has 0 aliphatic carbocycles. The first kappa shape index (κ1) is 33.9. The van der Waals surface area contributed by atoms with Crippen molar-refractivity contribution in [2.45, 2.75) is 25.9 Å². The molecule has 0 radical (unpaired) electrons. The van der Waals surface area contributed by atoms with Crippen LogP contribution in [-0.4, -0.2) is 60.8 Å². The van der Waals surface area contributed by atoms with Crippen LogP contribution in [-0.2, 0) is 17.8 Å². The first-order valence-electron chi connectivity index (χ1n) is 15.4. The number of carbonyl (C=O) groups excluding carboxylic acids is 4. The molecule has 2 amide bonds. The zero-order valence-electron chi connectivity index (χ0n) is 26.1. The van der Waals surface area contributed by atoms with E-state index in [9.17, 15) is 19.2 Å². The van der Waals surface area contributed by atoms with Gasteiger partial charge in [0.15, 0.2) is 0 Å². The maximum atomic E-state index is 12.8. The number of aryl methyl sites for hydroxylation is 2. The number of imidazole rings is 2. The van der Waals surface area contributed by atoms with Gasteiger partial charge in [0.05, 0.1) is 23.8 Å². The molecule has 0 atom stereocenters. The zero-order chi connectivity index (χ0) is 34.5. The summed E-state index contributed by atoms with van der Waals surface area (Å²) in [6, 6.07) is 17.9. The molecule has 0 saturated heterocycles. The van der Waals surface area contributed by atoms with Crippen LogP contribution in [0.5, 0.6) is 0 Å². The van der Waals surface area contributed by atoms with Gasteiger partial charge < -0.3 is 19.6 Å². The highest BCUT2D eigenvalue weighted by Crippen LogP contribution is 2.35. The van der Waals surface area contributed by atoms with E-state index in [2.05, 4.69) is 46.6 Å². The second-order valence-electron chi connectivity index (χ2n) is 11.2. The van der Waals surface area contributed by atoms with E-state index in [1.807, 2.05) is 45.8 Å². The van der Waals surface area contributed by atoms with E-state index in [1.54, 1.807) is 61.4 Å². The number of hydrogen-bond donors (Lipinski definition) is 1. The van der Waals surface area contributed by atoms with Crippen LogP contribution in [0.15, 0.2) is 107 Å². The molecule has 11 nitrogen and oxygen atoms in total. The number of nitrogens with two attached hydrogens (primary N) is 1. The van der Waals surface area contributed by atoms with Crippen molar-refractivity contribution >= 4 is 77.2 Å². The quantitative estimate of drug-likeness (QED) is 0.108. The molecule has 2 aromatic heterocycles. The van der Waals surface area contributed by atoms with Crippen LogP contribution in [0.25, 0.3) is 21.5 Å².